The predicted octanol–water partition coefficient (Wildman–Crippen LogP) is 1.88. The lowest BCUT2D eigenvalue weighted by molar-refractivity contribution is 0.835. The van der Waals surface area contributed by atoms with E-state index < -0.39 is 0 Å². The van der Waals surface area contributed by atoms with Gasteiger partial charge in [0.1, 0.15) is 0 Å². The van der Waals surface area contributed by atoms with Gasteiger partial charge in [-0.3, -0.25) is 0 Å². The van der Waals surface area contributed by atoms with Gasteiger partial charge in [0.05, 0.1) is 24.3 Å². The average molecular weight is 204 g/mol. The Kier molecular flexibility index (Phi) is 2.58. The van der Waals surface area contributed by atoms with E-state index in [1.807, 2.05) is 30.0 Å². The molecule has 80 valence electrons. The van der Waals surface area contributed by atoms with Crippen molar-refractivity contribution in [1.29, 1.82) is 0 Å². The van der Waals surface area contributed by atoms with E-state index in [1.165, 1.54) is 0 Å². The highest BCUT2D eigenvalue weighted by Gasteiger charge is 2.04. The van der Waals surface area contributed by atoms with Crippen molar-refractivity contribution in [2.24, 2.45) is 0 Å². The first-order valence-electron chi connectivity index (χ1n) is 5.23. The third-order valence-electron chi connectivity index (χ3n) is 2.52. The van der Waals surface area contributed by atoms with E-state index in [0.29, 0.717) is 0 Å². The maximum Gasteiger partial charge on any atom is 0.157 e. The summed E-state index contributed by atoms with van der Waals surface area (Å²) in [6.07, 6.45) is 6.89. The van der Waals surface area contributed by atoms with E-state index in [0.717, 1.165) is 29.9 Å². The molecule has 2 heterocycles. The molecule has 0 atom stereocenters. The zero-order valence-electron chi connectivity index (χ0n) is 9.44. The summed E-state index contributed by atoms with van der Waals surface area (Å²) in [6, 6.07) is 0. The van der Waals surface area contributed by atoms with Crippen LogP contribution in [-0.4, -0.2) is 28.2 Å². The Morgan fingerprint density at radius 3 is 2.93 bits per heavy atom. The molecule has 0 aromatic carbocycles. The van der Waals surface area contributed by atoms with Crippen LogP contribution in [0.1, 0.15) is 18.9 Å². The molecule has 15 heavy (non-hydrogen) atoms. The summed E-state index contributed by atoms with van der Waals surface area (Å²) in [5.41, 5.74) is 3.15. The van der Waals surface area contributed by atoms with Crippen LogP contribution < -0.4 is 4.90 Å². The fourth-order valence-corrected chi connectivity index (χ4v) is 1.64. The zero-order chi connectivity index (χ0) is 10.8. The fraction of sp³-hybridized carbons (Fsp3) is 0.455. The maximum absolute atomic E-state index is 4.40. The van der Waals surface area contributed by atoms with Gasteiger partial charge < -0.3 is 4.90 Å². The Morgan fingerprint density at radius 2 is 2.20 bits per heavy atom. The summed E-state index contributed by atoms with van der Waals surface area (Å²) in [6.45, 7) is 5.22. The predicted molar refractivity (Wildman–Crippen MR) is 61.3 cm³/mol. The number of hydrogen-bond acceptors (Lipinski definition) is 3. The van der Waals surface area contributed by atoms with Gasteiger partial charge in [0.15, 0.2) is 5.65 Å². The smallest absolute Gasteiger partial charge is 0.157 e. The summed E-state index contributed by atoms with van der Waals surface area (Å²) in [7, 11) is 2.07. The normalized spacial score (nSPS) is 10.9. The van der Waals surface area contributed by atoms with Crippen LogP contribution in [0, 0.1) is 6.92 Å². The second kappa shape index (κ2) is 3.88. The third-order valence-corrected chi connectivity index (χ3v) is 2.52. The lowest BCUT2D eigenvalue weighted by Gasteiger charge is -2.17. The molecule has 0 aliphatic rings. The third kappa shape index (κ3) is 1.79. The summed E-state index contributed by atoms with van der Waals surface area (Å²) in [4.78, 5) is 6.59. The van der Waals surface area contributed by atoms with Crippen molar-refractivity contribution in [2.45, 2.75) is 20.3 Å². The van der Waals surface area contributed by atoms with E-state index >= 15 is 0 Å². The number of anilines is 1. The average Bonchev–Trinajstić information content (AvgIpc) is 2.60. The Labute approximate surface area is 89.5 Å². The van der Waals surface area contributed by atoms with Crippen molar-refractivity contribution in [1.82, 2.24) is 14.6 Å². The van der Waals surface area contributed by atoms with Crippen LogP contribution in [0.25, 0.3) is 5.65 Å². The molecule has 2 rings (SSSR count). The standard InChI is InChI=1S/C11H16N4/c1-4-5-14(3)10-7-12-11-9(2)6-13-15(11)8-10/h6-8H,4-5H2,1-3H3. The minimum atomic E-state index is 0.934. The van der Waals surface area contributed by atoms with Gasteiger partial charge in [-0.1, -0.05) is 6.92 Å². The minimum Gasteiger partial charge on any atom is -0.372 e. The lowest BCUT2D eigenvalue weighted by atomic mass is 10.3. The highest BCUT2D eigenvalue weighted by Crippen LogP contribution is 2.13. The van der Waals surface area contributed by atoms with Crippen LogP contribution in [0.5, 0.6) is 0 Å². The molecule has 2 aromatic rings. The van der Waals surface area contributed by atoms with Gasteiger partial charge in [-0.2, -0.15) is 5.10 Å². The van der Waals surface area contributed by atoms with Gasteiger partial charge >= 0.3 is 0 Å². The van der Waals surface area contributed by atoms with Crippen molar-refractivity contribution in [3.8, 4) is 0 Å². The van der Waals surface area contributed by atoms with Crippen LogP contribution >= 0.6 is 0 Å². The van der Waals surface area contributed by atoms with E-state index in [2.05, 4.69) is 29.0 Å². The molecule has 0 amide bonds. The molecule has 0 aliphatic carbocycles. The quantitative estimate of drug-likeness (QED) is 0.765. The molecule has 0 unspecified atom stereocenters. The summed E-state index contributed by atoms with van der Waals surface area (Å²) >= 11 is 0. The van der Waals surface area contributed by atoms with E-state index in [-0.39, 0.29) is 0 Å². The molecule has 0 spiro atoms. The minimum absolute atomic E-state index is 0.934. The van der Waals surface area contributed by atoms with Gasteiger partial charge in [0.25, 0.3) is 0 Å². The molecule has 2 aromatic heterocycles. The molecule has 4 heteroatoms. The van der Waals surface area contributed by atoms with Gasteiger partial charge in [-0.15, -0.1) is 0 Å². The van der Waals surface area contributed by atoms with Crippen LogP contribution in [0.4, 0.5) is 5.69 Å². The number of aryl methyl sites for hydroxylation is 1. The van der Waals surface area contributed by atoms with E-state index in [9.17, 15) is 0 Å². The second-order valence-electron chi connectivity index (χ2n) is 3.83. The largest absolute Gasteiger partial charge is 0.372 e. The highest BCUT2D eigenvalue weighted by atomic mass is 15.3. The molecule has 4 nitrogen and oxygen atoms in total. The van der Waals surface area contributed by atoms with Crippen molar-refractivity contribution in [3.63, 3.8) is 0 Å². The maximum atomic E-state index is 4.40. The van der Waals surface area contributed by atoms with Crippen LogP contribution in [-0.2, 0) is 0 Å². The van der Waals surface area contributed by atoms with Crippen molar-refractivity contribution >= 4 is 11.3 Å². The number of hydrogen-bond donors (Lipinski definition) is 0. The van der Waals surface area contributed by atoms with Gasteiger partial charge in [0.2, 0.25) is 0 Å². The molecule has 0 radical (unpaired) electrons. The molecule has 0 bridgehead atoms. The topological polar surface area (TPSA) is 33.4 Å². The molecule has 0 N–H and O–H groups in total. The monoisotopic (exact) mass is 204 g/mol. The highest BCUT2D eigenvalue weighted by molar-refractivity contribution is 5.51. The fourth-order valence-electron chi connectivity index (χ4n) is 1.64. The number of rotatable bonds is 3. The number of nitrogens with zero attached hydrogens (tertiary/aromatic N) is 4. The van der Waals surface area contributed by atoms with Crippen molar-refractivity contribution < 1.29 is 0 Å². The Balaban J connectivity index is 2.38. The molecule has 0 fully saturated rings. The lowest BCUT2D eigenvalue weighted by Crippen LogP contribution is -2.18. The van der Waals surface area contributed by atoms with Crippen molar-refractivity contribution in [3.05, 3.63) is 24.2 Å². The molecular formula is C11H16N4. The van der Waals surface area contributed by atoms with Gasteiger partial charge in [0, 0.05) is 19.2 Å². The van der Waals surface area contributed by atoms with E-state index in [4.69, 9.17) is 0 Å². The van der Waals surface area contributed by atoms with Gasteiger partial charge in [-0.25, -0.2) is 9.50 Å². The van der Waals surface area contributed by atoms with Crippen LogP contribution in [0.15, 0.2) is 18.6 Å². The summed E-state index contributed by atoms with van der Waals surface area (Å²) < 4.78 is 1.83. The first-order chi connectivity index (χ1) is 7.22. The number of fused-ring (bicyclic) bond motifs is 1. The second-order valence-corrected chi connectivity index (χ2v) is 3.83. The SMILES string of the molecule is CCCN(C)c1cnc2c(C)cnn2c1. The summed E-state index contributed by atoms with van der Waals surface area (Å²) in [5, 5.41) is 4.25. The van der Waals surface area contributed by atoms with Crippen LogP contribution in [0.3, 0.4) is 0 Å². The van der Waals surface area contributed by atoms with E-state index in [1.54, 1.807) is 0 Å². The van der Waals surface area contributed by atoms with Crippen LogP contribution in [0.2, 0.25) is 0 Å². The number of aromatic nitrogens is 3. The van der Waals surface area contributed by atoms with Gasteiger partial charge in [-0.05, 0) is 13.3 Å². The molecule has 0 aliphatic heterocycles. The molecular weight excluding hydrogens is 188 g/mol. The summed E-state index contributed by atoms with van der Waals surface area (Å²) in [5.74, 6) is 0. The molecule has 0 saturated heterocycles. The Hall–Kier alpha value is -1.58. The Bertz CT molecular complexity index is 461. The zero-order valence-corrected chi connectivity index (χ0v) is 9.44. The molecule has 0 saturated carbocycles. The first kappa shape index (κ1) is 9.96. The van der Waals surface area contributed by atoms with Crippen molar-refractivity contribution in [2.75, 3.05) is 18.5 Å². The Morgan fingerprint density at radius 1 is 1.40 bits per heavy atom. The first-order valence-corrected chi connectivity index (χ1v) is 5.23.